The van der Waals surface area contributed by atoms with Crippen molar-refractivity contribution < 1.29 is 19.7 Å². The molecule has 2 bridgehead atoms. The van der Waals surface area contributed by atoms with Gasteiger partial charge >= 0.3 is 0 Å². The molecule has 0 saturated heterocycles. The number of Topliss-reactive ketones (excluding diaryl/α,β-unsaturated/α-hetero) is 1. The lowest BCUT2D eigenvalue weighted by atomic mass is 9.44. The lowest BCUT2D eigenvalue weighted by Crippen LogP contribution is -2.71. The fourth-order valence-electron chi connectivity index (χ4n) is 5.92. The zero-order valence-corrected chi connectivity index (χ0v) is 12.6. The van der Waals surface area contributed by atoms with Crippen molar-refractivity contribution in [2.24, 2.45) is 11.8 Å². The van der Waals surface area contributed by atoms with Crippen LogP contribution in [0.4, 0.5) is 0 Å². The number of carbonyl (C=O) groups is 1. The molecule has 4 aliphatic rings. The van der Waals surface area contributed by atoms with Crippen LogP contribution in [-0.2, 0) is 16.6 Å². The minimum Gasteiger partial charge on any atom is -0.504 e. The Morgan fingerprint density at radius 2 is 2.14 bits per heavy atom. The SMILES string of the molecule is CC1CC[C@]23c4c5ccc(O)c4O[C@H]2C(=O)CC[C@@]3(O)[C@H]1C5. The Kier molecular flexibility index (Phi) is 2.16. The van der Waals surface area contributed by atoms with Crippen molar-refractivity contribution in [2.45, 2.75) is 56.1 Å². The van der Waals surface area contributed by atoms with Gasteiger partial charge in [-0.1, -0.05) is 13.0 Å². The standard InChI is InChI=1S/C18H20O4/c1-9-4-6-17-14-10-2-3-12(19)15(14)22-16(17)13(20)5-7-18(17,21)11(9)8-10/h2-3,9,11,16,19,21H,4-8H2,1H3/t9?,11-,16-,17-,18+/m0/s1. The lowest BCUT2D eigenvalue weighted by Gasteiger charge is -2.61. The normalized spacial score (nSPS) is 44.5. The molecule has 5 rings (SSSR count). The summed E-state index contributed by atoms with van der Waals surface area (Å²) < 4.78 is 5.96. The molecule has 0 aromatic heterocycles. The molecule has 3 aliphatic carbocycles. The van der Waals surface area contributed by atoms with Gasteiger partial charge in [-0.25, -0.2) is 0 Å². The van der Waals surface area contributed by atoms with Crippen molar-refractivity contribution in [3.8, 4) is 11.5 Å². The first kappa shape index (κ1) is 12.9. The molecule has 4 nitrogen and oxygen atoms in total. The molecule has 1 heterocycles. The van der Waals surface area contributed by atoms with Crippen molar-refractivity contribution in [2.75, 3.05) is 0 Å². The van der Waals surface area contributed by atoms with E-state index in [9.17, 15) is 15.0 Å². The predicted molar refractivity (Wildman–Crippen MR) is 79.0 cm³/mol. The van der Waals surface area contributed by atoms with Gasteiger partial charge < -0.3 is 14.9 Å². The predicted octanol–water partition coefficient (Wildman–Crippen LogP) is 2.09. The van der Waals surface area contributed by atoms with Gasteiger partial charge in [0.25, 0.3) is 0 Å². The zero-order valence-electron chi connectivity index (χ0n) is 12.6. The zero-order chi connectivity index (χ0) is 15.3. The molecular weight excluding hydrogens is 280 g/mol. The fraction of sp³-hybridized carbons (Fsp3) is 0.611. The highest BCUT2D eigenvalue weighted by molar-refractivity contribution is 5.89. The summed E-state index contributed by atoms with van der Waals surface area (Å²) in [4.78, 5) is 12.5. The first-order chi connectivity index (χ1) is 10.5. The van der Waals surface area contributed by atoms with E-state index >= 15 is 0 Å². The Bertz CT molecular complexity index is 711. The van der Waals surface area contributed by atoms with Gasteiger partial charge in [0, 0.05) is 12.0 Å². The van der Waals surface area contributed by atoms with Crippen LogP contribution in [0, 0.1) is 11.8 Å². The minimum absolute atomic E-state index is 0.0708. The molecule has 116 valence electrons. The molecule has 1 spiro atoms. The third-order valence-electron chi connectivity index (χ3n) is 6.90. The van der Waals surface area contributed by atoms with Crippen LogP contribution >= 0.6 is 0 Å². The molecule has 1 aliphatic heterocycles. The van der Waals surface area contributed by atoms with Gasteiger partial charge in [-0.3, -0.25) is 4.79 Å². The molecule has 2 N–H and O–H groups in total. The van der Waals surface area contributed by atoms with E-state index in [1.807, 2.05) is 6.07 Å². The third-order valence-corrected chi connectivity index (χ3v) is 6.90. The molecule has 1 unspecified atom stereocenters. The first-order valence-corrected chi connectivity index (χ1v) is 8.26. The van der Waals surface area contributed by atoms with Crippen molar-refractivity contribution in [1.82, 2.24) is 0 Å². The van der Waals surface area contributed by atoms with E-state index in [4.69, 9.17) is 4.74 Å². The molecule has 4 heteroatoms. The number of hydrogen-bond acceptors (Lipinski definition) is 4. The van der Waals surface area contributed by atoms with Gasteiger partial charge in [0.1, 0.15) is 0 Å². The Labute approximate surface area is 129 Å². The fourth-order valence-corrected chi connectivity index (χ4v) is 5.92. The monoisotopic (exact) mass is 300 g/mol. The molecule has 0 radical (unpaired) electrons. The van der Waals surface area contributed by atoms with Crippen LogP contribution in [-0.4, -0.2) is 27.7 Å². The number of aromatic hydroxyl groups is 1. The average molecular weight is 300 g/mol. The number of phenolic OH excluding ortho intramolecular Hbond substituents is 1. The highest BCUT2D eigenvalue weighted by atomic mass is 16.5. The summed E-state index contributed by atoms with van der Waals surface area (Å²) in [5.74, 6) is 1.22. The van der Waals surface area contributed by atoms with E-state index in [-0.39, 0.29) is 17.5 Å². The number of ketones is 1. The van der Waals surface area contributed by atoms with E-state index in [1.54, 1.807) is 6.07 Å². The minimum atomic E-state index is -0.880. The van der Waals surface area contributed by atoms with Gasteiger partial charge in [0.15, 0.2) is 23.4 Å². The lowest BCUT2D eigenvalue weighted by molar-refractivity contribution is -0.186. The highest BCUT2D eigenvalue weighted by Gasteiger charge is 2.72. The van der Waals surface area contributed by atoms with Crippen LogP contribution in [0.5, 0.6) is 11.5 Å². The maximum Gasteiger partial charge on any atom is 0.174 e. The van der Waals surface area contributed by atoms with Crippen LogP contribution in [0.25, 0.3) is 0 Å². The summed E-state index contributed by atoms with van der Waals surface area (Å²) in [6, 6.07) is 3.61. The van der Waals surface area contributed by atoms with Crippen LogP contribution in [0.1, 0.15) is 43.7 Å². The van der Waals surface area contributed by atoms with Gasteiger partial charge in [0.05, 0.1) is 11.0 Å². The molecular formula is C18H20O4. The maximum atomic E-state index is 12.5. The first-order valence-electron chi connectivity index (χ1n) is 8.26. The summed E-state index contributed by atoms with van der Waals surface area (Å²) in [6.07, 6.45) is 2.84. The van der Waals surface area contributed by atoms with Crippen LogP contribution in [0.2, 0.25) is 0 Å². The van der Waals surface area contributed by atoms with Crippen LogP contribution in [0.3, 0.4) is 0 Å². The number of benzene rings is 1. The van der Waals surface area contributed by atoms with Crippen LogP contribution in [0.15, 0.2) is 12.1 Å². The van der Waals surface area contributed by atoms with Crippen molar-refractivity contribution >= 4 is 5.78 Å². The third kappa shape index (κ3) is 1.13. The Balaban J connectivity index is 1.88. The van der Waals surface area contributed by atoms with Crippen molar-refractivity contribution in [1.29, 1.82) is 0 Å². The molecule has 1 aromatic carbocycles. The van der Waals surface area contributed by atoms with E-state index in [1.165, 1.54) is 0 Å². The summed E-state index contributed by atoms with van der Waals surface area (Å²) in [5, 5.41) is 21.9. The number of ether oxygens (including phenoxy) is 1. The second-order valence-corrected chi connectivity index (χ2v) is 7.63. The second kappa shape index (κ2) is 3.67. The van der Waals surface area contributed by atoms with Gasteiger partial charge in [0.2, 0.25) is 0 Å². The number of rotatable bonds is 0. The number of phenols is 1. The Morgan fingerprint density at radius 3 is 2.95 bits per heavy atom. The number of hydrogen-bond donors (Lipinski definition) is 2. The van der Waals surface area contributed by atoms with Gasteiger partial charge in [-0.15, -0.1) is 0 Å². The van der Waals surface area contributed by atoms with Crippen molar-refractivity contribution in [3.05, 3.63) is 23.3 Å². The summed E-state index contributed by atoms with van der Waals surface area (Å²) >= 11 is 0. The number of carbonyl (C=O) groups excluding carboxylic acids is 1. The summed E-state index contributed by atoms with van der Waals surface area (Å²) in [6.45, 7) is 2.21. The quantitative estimate of drug-likeness (QED) is 0.770. The average Bonchev–Trinajstić information content (AvgIpc) is 2.85. The Hall–Kier alpha value is -1.55. The maximum absolute atomic E-state index is 12.5. The second-order valence-electron chi connectivity index (χ2n) is 7.63. The highest BCUT2D eigenvalue weighted by Crippen LogP contribution is 2.67. The summed E-state index contributed by atoms with van der Waals surface area (Å²) in [7, 11) is 0. The largest absolute Gasteiger partial charge is 0.504 e. The van der Waals surface area contributed by atoms with E-state index in [2.05, 4.69) is 6.92 Å². The van der Waals surface area contributed by atoms with Gasteiger partial charge in [-0.2, -0.15) is 0 Å². The Morgan fingerprint density at radius 1 is 1.32 bits per heavy atom. The molecule has 5 atom stereocenters. The molecule has 2 fully saturated rings. The summed E-state index contributed by atoms with van der Waals surface area (Å²) in [5.41, 5.74) is 0.554. The molecule has 0 amide bonds. The molecule has 2 saturated carbocycles. The topological polar surface area (TPSA) is 66.8 Å². The smallest absolute Gasteiger partial charge is 0.174 e. The van der Waals surface area contributed by atoms with E-state index in [0.29, 0.717) is 24.5 Å². The number of aliphatic hydroxyl groups is 1. The van der Waals surface area contributed by atoms with Gasteiger partial charge in [-0.05, 0) is 49.1 Å². The molecule has 22 heavy (non-hydrogen) atoms. The molecule has 1 aromatic rings. The van der Waals surface area contributed by atoms with E-state index in [0.717, 1.165) is 30.4 Å². The van der Waals surface area contributed by atoms with Crippen molar-refractivity contribution in [3.63, 3.8) is 0 Å². The van der Waals surface area contributed by atoms with E-state index < -0.39 is 17.1 Å². The van der Waals surface area contributed by atoms with Crippen LogP contribution < -0.4 is 4.74 Å².